The summed E-state index contributed by atoms with van der Waals surface area (Å²) in [6, 6.07) is 7.62. The standard InChI is InChI=1S/C18H24N4O3/c1-12(2)22-17(18(4)10-13(3)21-25-18)19-16(20-22)11-24-15-8-6-7-14(9-15)23-5/h6-9,12H,10-11H2,1-5H3. The number of hydrogen-bond acceptors (Lipinski definition) is 6. The Kier molecular flexibility index (Phi) is 4.65. The highest BCUT2D eigenvalue weighted by Crippen LogP contribution is 2.34. The van der Waals surface area contributed by atoms with Crippen molar-refractivity contribution in [3.8, 4) is 11.5 Å². The fraction of sp³-hybridized carbons (Fsp3) is 0.500. The summed E-state index contributed by atoms with van der Waals surface area (Å²) in [5.41, 5.74) is 0.366. The number of oxime groups is 1. The third-order valence-electron chi connectivity index (χ3n) is 4.04. The highest BCUT2D eigenvalue weighted by molar-refractivity contribution is 5.83. The van der Waals surface area contributed by atoms with Gasteiger partial charge in [-0.3, -0.25) is 0 Å². The predicted molar refractivity (Wildman–Crippen MR) is 93.9 cm³/mol. The largest absolute Gasteiger partial charge is 0.497 e. The summed E-state index contributed by atoms with van der Waals surface area (Å²) in [6.07, 6.45) is 0.703. The maximum Gasteiger partial charge on any atom is 0.198 e. The summed E-state index contributed by atoms with van der Waals surface area (Å²) >= 11 is 0. The second kappa shape index (κ2) is 6.74. The third kappa shape index (κ3) is 3.60. The van der Waals surface area contributed by atoms with E-state index < -0.39 is 5.60 Å². The van der Waals surface area contributed by atoms with Gasteiger partial charge in [-0.15, -0.1) is 0 Å². The summed E-state index contributed by atoms with van der Waals surface area (Å²) in [5, 5.41) is 8.68. The van der Waals surface area contributed by atoms with Crippen LogP contribution in [0.2, 0.25) is 0 Å². The highest BCUT2D eigenvalue weighted by atomic mass is 16.7. The lowest BCUT2D eigenvalue weighted by Crippen LogP contribution is -2.27. The molecule has 25 heavy (non-hydrogen) atoms. The Morgan fingerprint density at radius 1 is 1.32 bits per heavy atom. The van der Waals surface area contributed by atoms with E-state index in [4.69, 9.17) is 14.3 Å². The number of aromatic nitrogens is 3. The van der Waals surface area contributed by atoms with E-state index in [-0.39, 0.29) is 12.6 Å². The van der Waals surface area contributed by atoms with Crippen LogP contribution in [0.4, 0.5) is 0 Å². The highest BCUT2D eigenvalue weighted by Gasteiger charge is 2.40. The van der Waals surface area contributed by atoms with Crippen LogP contribution < -0.4 is 9.47 Å². The summed E-state index contributed by atoms with van der Waals surface area (Å²) < 4.78 is 12.9. The van der Waals surface area contributed by atoms with Crippen LogP contribution in [0.3, 0.4) is 0 Å². The third-order valence-corrected chi connectivity index (χ3v) is 4.04. The van der Waals surface area contributed by atoms with Crippen molar-refractivity contribution in [1.29, 1.82) is 0 Å². The zero-order chi connectivity index (χ0) is 18.0. The van der Waals surface area contributed by atoms with Crippen LogP contribution in [0, 0.1) is 0 Å². The van der Waals surface area contributed by atoms with Crippen LogP contribution in [0.5, 0.6) is 11.5 Å². The Morgan fingerprint density at radius 3 is 2.72 bits per heavy atom. The number of hydrogen-bond donors (Lipinski definition) is 0. The van der Waals surface area contributed by atoms with Gasteiger partial charge in [0.1, 0.15) is 18.1 Å². The van der Waals surface area contributed by atoms with Crippen LogP contribution >= 0.6 is 0 Å². The van der Waals surface area contributed by atoms with Crippen LogP contribution in [0.25, 0.3) is 0 Å². The minimum absolute atomic E-state index is 0.161. The van der Waals surface area contributed by atoms with Crippen LogP contribution in [-0.4, -0.2) is 27.6 Å². The van der Waals surface area contributed by atoms with E-state index in [0.29, 0.717) is 18.0 Å². The predicted octanol–water partition coefficient (Wildman–Crippen LogP) is 3.46. The van der Waals surface area contributed by atoms with Gasteiger partial charge in [0.2, 0.25) is 0 Å². The molecule has 1 aromatic heterocycles. The molecule has 1 aromatic carbocycles. The first-order valence-corrected chi connectivity index (χ1v) is 8.35. The Balaban J connectivity index is 1.80. The average molecular weight is 344 g/mol. The molecule has 7 nitrogen and oxygen atoms in total. The van der Waals surface area contributed by atoms with E-state index in [9.17, 15) is 0 Å². The first kappa shape index (κ1) is 17.3. The van der Waals surface area contributed by atoms with Gasteiger partial charge in [0.15, 0.2) is 17.2 Å². The lowest BCUT2D eigenvalue weighted by molar-refractivity contribution is -0.0185. The second-order valence-corrected chi connectivity index (χ2v) is 6.68. The maximum absolute atomic E-state index is 5.81. The maximum atomic E-state index is 5.81. The van der Waals surface area contributed by atoms with E-state index >= 15 is 0 Å². The average Bonchev–Trinajstić information content (AvgIpc) is 3.18. The van der Waals surface area contributed by atoms with Crippen LogP contribution in [0.1, 0.15) is 51.8 Å². The molecule has 2 aromatic rings. The molecule has 0 saturated heterocycles. The molecule has 3 rings (SSSR count). The lowest BCUT2D eigenvalue weighted by atomic mass is 9.99. The Hall–Kier alpha value is -2.57. The molecule has 0 amide bonds. The van der Waals surface area contributed by atoms with E-state index in [2.05, 4.69) is 29.1 Å². The molecule has 2 heterocycles. The zero-order valence-electron chi connectivity index (χ0n) is 15.3. The molecule has 1 aliphatic heterocycles. The Morgan fingerprint density at radius 2 is 2.08 bits per heavy atom. The SMILES string of the molecule is COc1cccc(OCc2nc(C3(C)CC(C)=NO3)n(C(C)C)n2)c1. The van der Waals surface area contributed by atoms with Gasteiger partial charge in [0, 0.05) is 18.5 Å². The molecule has 0 aliphatic carbocycles. The van der Waals surface area contributed by atoms with E-state index in [1.54, 1.807) is 7.11 Å². The smallest absolute Gasteiger partial charge is 0.198 e. The van der Waals surface area contributed by atoms with Gasteiger partial charge < -0.3 is 14.3 Å². The minimum atomic E-state index is -0.588. The molecule has 0 spiro atoms. The number of rotatable bonds is 6. The molecule has 7 heteroatoms. The molecule has 1 aliphatic rings. The van der Waals surface area contributed by atoms with Crippen molar-refractivity contribution >= 4 is 5.71 Å². The van der Waals surface area contributed by atoms with E-state index in [0.717, 1.165) is 17.3 Å². The van der Waals surface area contributed by atoms with Crippen molar-refractivity contribution in [1.82, 2.24) is 14.8 Å². The first-order valence-electron chi connectivity index (χ1n) is 8.35. The number of benzene rings is 1. The quantitative estimate of drug-likeness (QED) is 0.802. The normalized spacial score (nSPS) is 19.7. The lowest BCUT2D eigenvalue weighted by Gasteiger charge is -2.22. The summed E-state index contributed by atoms with van der Waals surface area (Å²) in [5.74, 6) is 2.84. The molecule has 0 radical (unpaired) electrons. The van der Waals surface area contributed by atoms with Crippen molar-refractivity contribution in [3.05, 3.63) is 35.9 Å². The van der Waals surface area contributed by atoms with E-state index in [1.807, 2.05) is 42.8 Å². The fourth-order valence-electron chi connectivity index (χ4n) is 2.84. The molecule has 0 N–H and O–H groups in total. The van der Waals surface area contributed by atoms with Crippen LogP contribution in [0.15, 0.2) is 29.4 Å². The second-order valence-electron chi connectivity index (χ2n) is 6.68. The molecule has 0 bridgehead atoms. The van der Waals surface area contributed by atoms with Crippen molar-refractivity contribution in [2.75, 3.05) is 7.11 Å². The van der Waals surface area contributed by atoms with Gasteiger partial charge >= 0.3 is 0 Å². The zero-order valence-corrected chi connectivity index (χ0v) is 15.3. The molecular weight excluding hydrogens is 320 g/mol. The monoisotopic (exact) mass is 344 g/mol. The molecule has 1 unspecified atom stereocenters. The van der Waals surface area contributed by atoms with Crippen molar-refractivity contribution in [2.24, 2.45) is 5.16 Å². The topological polar surface area (TPSA) is 70.8 Å². The summed E-state index contributed by atoms with van der Waals surface area (Å²) in [7, 11) is 1.63. The summed E-state index contributed by atoms with van der Waals surface area (Å²) in [6.45, 7) is 8.35. The summed E-state index contributed by atoms with van der Waals surface area (Å²) in [4.78, 5) is 10.3. The van der Waals surface area contributed by atoms with Crippen molar-refractivity contribution in [2.45, 2.75) is 52.4 Å². The van der Waals surface area contributed by atoms with Gasteiger partial charge in [0.25, 0.3) is 0 Å². The number of ether oxygens (including phenoxy) is 2. The van der Waals surface area contributed by atoms with Crippen molar-refractivity contribution < 1.29 is 14.3 Å². The number of methoxy groups -OCH3 is 1. The van der Waals surface area contributed by atoms with Gasteiger partial charge in [0.05, 0.1) is 12.8 Å². The van der Waals surface area contributed by atoms with E-state index in [1.165, 1.54) is 0 Å². The Bertz CT molecular complexity index is 784. The first-order chi connectivity index (χ1) is 11.9. The van der Waals surface area contributed by atoms with Gasteiger partial charge in [-0.1, -0.05) is 11.2 Å². The molecule has 134 valence electrons. The van der Waals surface area contributed by atoms with Gasteiger partial charge in [-0.2, -0.15) is 5.10 Å². The molecular formula is C18H24N4O3. The molecule has 0 fully saturated rings. The Labute approximate surface area is 147 Å². The van der Waals surface area contributed by atoms with Crippen molar-refractivity contribution in [3.63, 3.8) is 0 Å². The van der Waals surface area contributed by atoms with Crippen LogP contribution in [-0.2, 0) is 17.0 Å². The van der Waals surface area contributed by atoms with Gasteiger partial charge in [-0.25, -0.2) is 9.67 Å². The molecule has 1 atom stereocenters. The van der Waals surface area contributed by atoms with Gasteiger partial charge in [-0.05, 0) is 39.8 Å². The number of nitrogens with zero attached hydrogens (tertiary/aromatic N) is 4. The fourth-order valence-corrected chi connectivity index (χ4v) is 2.84. The molecule has 0 saturated carbocycles. The minimum Gasteiger partial charge on any atom is -0.497 e.